The van der Waals surface area contributed by atoms with E-state index in [0.29, 0.717) is 44.4 Å². The molecule has 1 N–H and O–H groups in total. The highest BCUT2D eigenvalue weighted by Gasteiger charge is 2.33. The molecule has 0 saturated heterocycles. The lowest BCUT2D eigenvalue weighted by Gasteiger charge is -2.33. The molecule has 0 radical (unpaired) electrons. The molecule has 1 heterocycles. The quantitative estimate of drug-likeness (QED) is 0.313. The molecule has 0 spiro atoms. The number of carbonyl (C=O) groups is 1. The van der Waals surface area contributed by atoms with Crippen LogP contribution >= 0.6 is 22.9 Å². The first-order valence-corrected chi connectivity index (χ1v) is 13.4. The van der Waals surface area contributed by atoms with Gasteiger partial charge in [-0.3, -0.25) is 4.79 Å². The normalized spacial score (nSPS) is 15.4. The van der Waals surface area contributed by atoms with Crippen LogP contribution in [0.25, 0.3) is 0 Å². The van der Waals surface area contributed by atoms with E-state index in [1.165, 1.54) is 4.88 Å². The maximum atomic E-state index is 13.6. The average Bonchev–Trinajstić information content (AvgIpc) is 3.25. The predicted octanol–water partition coefficient (Wildman–Crippen LogP) is 7.58. The standard InChI is InChI=1S/C29H33ClN2O4S/c1-29(2,3)18-7-12-21-25(14-18)37-28(26(21)27(33)32-20-10-8-19(30)9-11-20)31-16-17-13-23(35-5)24(36-6)15-22(17)34-4/h8-11,13,15-16,18H,7,12,14H2,1-6H3,(H,32,33)/t18-/m0/s1. The lowest BCUT2D eigenvalue weighted by molar-refractivity contribution is 0.102. The average molecular weight is 541 g/mol. The van der Waals surface area contributed by atoms with Gasteiger partial charge in [-0.15, -0.1) is 11.3 Å². The second-order valence-electron chi connectivity index (χ2n) is 10.2. The number of methoxy groups -OCH3 is 3. The molecule has 196 valence electrons. The monoisotopic (exact) mass is 540 g/mol. The number of nitrogens with one attached hydrogen (secondary N) is 1. The Morgan fingerprint density at radius 1 is 1.05 bits per heavy atom. The molecule has 1 aliphatic rings. The van der Waals surface area contributed by atoms with Crippen molar-refractivity contribution in [2.75, 3.05) is 26.6 Å². The molecule has 0 aliphatic heterocycles. The molecule has 37 heavy (non-hydrogen) atoms. The smallest absolute Gasteiger partial charge is 0.259 e. The van der Waals surface area contributed by atoms with Crippen molar-refractivity contribution < 1.29 is 19.0 Å². The van der Waals surface area contributed by atoms with Crippen LogP contribution in [0, 0.1) is 11.3 Å². The molecule has 8 heteroatoms. The zero-order valence-corrected chi connectivity index (χ0v) is 23.7. The van der Waals surface area contributed by atoms with Crippen LogP contribution in [0.4, 0.5) is 10.7 Å². The maximum Gasteiger partial charge on any atom is 0.259 e. The van der Waals surface area contributed by atoms with E-state index in [1.807, 2.05) is 6.07 Å². The fourth-order valence-electron chi connectivity index (χ4n) is 4.64. The number of anilines is 1. The summed E-state index contributed by atoms with van der Waals surface area (Å²) in [5.74, 6) is 2.13. The molecular weight excluding hydrogens is 508 g/mol. The molecule has 3 aromatic rings. The van der Waals surface area contributed by atoms with Crippen molar-refractivity contribution in [1.82, 2.24) is 0 Å². The minimum Gasteiger partial charge on any atom is -0.496 e. The molecule has 1 aromatic heterocycles. The molecule has 1 amide bonds. The van der Waals surface area contributed by atoms with Gasteiger partial charge in [0.15, 0.2) is 11.5 Å². The molecule has 0 saturated carbocycles. The molecule has 0 fully saturated rings. The third-order valence-electron chi connectivity index (χ3n) is 6.86. The van der Waals surface area contributed by atoms with E-state index in [9.17, 15) is 4.79 Å². The molecule has 0 unspecified atom stereocenters. The summed E-state index contributed by atoms with van der Waals surface area (Å²) in [6, 6.07) is 10.7. The maximum absolute atomic E-state index is 13.6. The summed E-state index contributed by atoms with van der Waals surface area (Å²) < 4.78 is 16.4. The Hall–Kier alpha value is -3.03. The lowest BCUT2D eigenvalue weighted by atomic mass is 9.72. The van der Waals surface area contributed by atoms with Crippen molar-refractivity contribution in [1.29, 1.82) is 0 Å². The first kappa shape index (κ1) is 27.0. The number of rotatable bonds is 7. The van der Waals surface area contributed by atoms with Crippen LogP contribution in [0.3, 0.4) is 0 Å². The molecular formula is C29H33ClN2O4S. The van der Waals surface area contributed by atoms with E-state index >= 15 is 0 Å². The van der Waals surface area contributed by atoms with Crippen molar-refractivity contribution in [3.63, 3.8) is 0 Å². The molecule has 1 atom stereocenters. The van der Waals surface area contributed by atoms with Crippen molar-refractivity contribution in [2.45, 2.75) is 40.0 Å². The Labute approximate surface area is 227 Å². The van der Waals surface area contributed by atoms with Gasteiger partial charge in [-0.2, -0.15) is 0 Å². The summed E-state index contributed by atoms with van der Waals surface area (Å²) in [6.07, 6.45) is 4.56. The third kappa shape index (κ3) is 5.94. The highest BCUT2D eigenvalue weighted by atomic mass is 35.5. The van der Waals surface area contributed by atoms with Gasteiger partial charge in [0, 0.05) is 33.4 Å². The van der Waals surface area contributed by atoms with Gasteiger partial charge in [0.05, 0.1) is 26.9 Å². The van der Waals surface area contributed by atoms with E-state index in [-0.39, 0.29) is 11.3 Å². The zero-order chi connectivity index (χ0) is 26.7. The zero-order valence-electron chi connectivity index (χ0n) is 22.1. The van der Waals surface area contributed by atoms with E-state index in [0.717, 1.165) is 30.4 Å². The summed E-state index contributed by atoms with van der Waals surface area (Å²) in [4.78, 5) is 19.6. The fraction of sp³-hybridized carbons (Fsp3) is 0.379. The Bertz CT molecular complexity index is 1310. The van der Waals surface area contributed by atoms with Gasteiger partial charge in [0.1, 0.15) is 10.8 Å². The van der Waals surface area contributed by atoms with Gasteiger partial charge in [-0.1, -0.05) is 32.4 Å². The predicted molar refractivity (Wildman–Crippen MR) is 152 cm³/mol. The summed E-state index contributed by atoms with van der Waals surface area (Å²) in [5.41, 5.74) is 3.35. The minimum absolute atomic E-state index is 0.166. The third-order valence-corrected chi connectivity index (χ3v) is 8.27. The Kier molecular flexibility index (Phi) is 8.14. The van der Waals surface area contributed by atoms with Gasteiger partial charge >= 0.3 is 0 Å². The fourth-order valence-corrected chi connectivity index (χ4v) is 6.04. The van der Waals surface area contributed by atoms with Gasteiger partial charge in [0.25, 0.3) is 5.91 Å². The Morgan fingerprint density at radius 2 is 1.70 bits per heavy atom. The van der Waals surface area contributed by atoms with Gasteiger partial charge in [-0.25, -0.2) is 4.99 Å². The number of carbonyl (C=O) groups excluding carboxylic acids is 1. The number of aliphatic imine (C=N–C) groups is 1. The summed E-state index contributed by atoms with van der Waals surface area (Å²) in [7, 11) is 4.77. The van der Waals surface area contributed by atoms with E-state index in [1.54, 1.807) is 69.2 Å². The first-order chi connectivity index (χ1) is 17.6. The van der Waals surface area contributed by atoms with E-state index in [4.69, 9.17) is 30.8 Å². The molecule has 4 rings (SSSR count). The lowest BCUT2D eigenvalue weighted by Crippen LogP contribution is -2.27. The van der Waals surface area contributed by atoms with Gasteiger partial charge in [-0.05, 0) is 66.5 Å². The van der Waals surface area contributed by atoms with Crippen molar-refractivity contribution in [3.8, 4) is 17.2 Å². The van der Waals surface area contributed by atoms with Gasteiger partial charge < -0.3 is 19.5 Å². The molecule has 1 aliphatic carbocycles. The number of ether oxygens (including phenoxy) is 3. The number of hydrogen-bond donors (Lipinski definition) is 1. The second-order valence-corrected chi connectivity index (χ2v) is 11.7. The van der Waals surface area contributed by atoms with Crippen LogP contribution in [-0.2, 0) is 12.8 Å². The van der Waals surface area contributed by atoms with Crippen molar-refractivity contribution in [2.24, 2.45) is 16.3 Å². The van der Waals surface area contributed by atoms with Gasteiger partial charge in [0.2, 0.25) is 0 Å². The van der Waals surface area contributed by atoms with Crippen LogP contribution in [0.2, 0.25) is 5.02 Å². The number of benzene rings is 2. The molecule has 6 nitrogen and oxygen atoms in total. The van der Waals surface area contributed by atoms with Crippen LogP contribution in [0.5, 0.6) is 17.2 Å². The number of nitrogens with zero attached hydrogens (tertiary/aromatic N) is 1. The number of thiophene rings is 1. The van der Waals surface area contributed by atoms with E-state index < -0.39 is 0 Å². The number of amides is 1. The largest absolute Gasteiger partial charge is 0.496 e. The highest BCUT2D eigenvalue weighted by molar-refractivity contribution is 7.16. The molecule has 2 aromatic carbocycles. The highest BCUT2D eigenvalue weighted by Crippen LogP contribution is 2.45. The van der Waals surface area contributed by atoms with Crippen molar-refractivity contribution in [3.05, 3.63) is 63.0 Å². The topological polar surface area (TPSA) is 69.1 Å². The Morgan fingerprint density at radius 3 is 2.32 bits per heavy atom. The van der Waals surface area contributed by atoms with Crippen molar-refractivity contribution >= 4 is 45.7 Å². The molecule has 0 bridgehead atoms. The van der Waals surface area contributed by atoms with Crippen LogP contribution in [0.1, 0.15) is 53.6 Å². The van der Waals surface area contributed by atoms with Crippen LogP contribution < -0.4 is 19.5 Å². The summed E-state index contributed by atoms with van der Waals surface area (Å²) in [5, 5.41) is 4.33. The first-order valence-electron chi connectivity index (χ1n) is 12.2. The SMILES string of the molecule is COc1cc(OC)c(OC)cc1C=Nc1sc2c(c1C(=O)Nc1ccc(Cl)cc1)CC[C@H](C(C)(C)C)C2. The number of halogens is 1. The summed E-state index contributed by atoms with van der Waals surface area (Å²) in [6.45, 7) is 6.85. The van der Waals surface area contributed by atoms with Crippen LogP contribution in [-0.4, -0.2) is 33.5 Å². The second kappa shape index (κ2) is 11.2. The number of fused-ring (bicyclic) bond motifs is 1. The van der Waals surface area contributed by atoms with E-state index in [2.05, 4.69) is 26.1 Å². The number of hydrogen-bond acceptors (Lipinski definition) is 6. The summed E-state index contributed by atoms with van der Waals surface area (Å²) >= 11 is 7.62. The van der Waals surface area contributed by atoms with Crippen LogP contribution in [0.15, 0.2) is 41.4 Å². The minimum atomic E-state index is -0.166. The Balaban J connectivity index is 1.75.